The van der Waals surface area contributed by atoms with Crippen LogP contribution < -0.4 is 0 Å². The molecule has 0 saturated heterocycles. The fourth-order valence-corrected chi connectivity index (χ4v) is 1.73. The molecule has 0 spiro atoms. The summed E-state index contributed by atoms with van der Waals surface area (Å²) < 4.78 is 6.22. The molecule has 0 aliphatic rings. The van der Waals surface area contributed by atoms with E-state index in [2.05, 4.69) is 20.9 Å². The molecule has 0 radical (unpaired) electrons. The second-order valence-electron chi connectivity index (χ2n) is 4.49. The van der Waals surface area contributed by atoms with Crippen LogP contribution in [-0.2, 0) is 11.2 Å². The largest absolute Gasteiger partial charge is 0.393 e. The topological polar surface area (TPSA) is 42.4 Å². The van der Waals surface area contributed by atoms with Gasteiger partial charge in [-0.05, 0) is 41.9 Å². The zero-order valence-corrected chi connectivity index (χ0v) is 11.5. The molecule has 0 fully saturated rings. The second kappa shape index (κ2) is 5.75. The Labute approximate surface area is 105 Å². The molecule has 0 aromatic carbocycles. The summed E-state index contributed by atoms with van der Waals surface area (Å²) >= 11 is 3.33. The summed E-state index contributed by atoms with van der Waals surface area (Å²) in [7, 11) is 1.66. The molecule has 0 bridgehead atoms. The van der Waals surface area contributed by atoms with Gasteiger partial charge in [-0.1, -0.05) is 0 Å². The molecule has 0 saturated carbocycles. The van der Waals surface area contributed by atoms with Crippen molar-refractivity contribution < 1.29 is 9.84 Å². The summed E-state index contributed by atoms with van der Waals surface area (Å²) in [4.78, 5) is 4.23. The van der Waals surface area contributed by atoms with E-state index < -0.39 is 6.10 Å². The van der Waals surface area contributed by atoms with E-state index in [-0.39, 0.29) is 5.60 Å². The van der Waals surface area contributed by atoms with E-state index in [1.165, 1.54) is 0 Å². The number of aliphatic hydroxyl groups excluding tert-OH is 1. The molecular weight excluding hydrogens is 270 g/mol. The van der Waals surface area contributed by atoms with Gasteiger partial charge >= 0.3 is 0 Å². The lowest BCUT2D eigenvalue weighted by Gasteiger charge is -2.25. The lowest BCUT2D eigenvalue weighted by molar-refractivity contribution is -0.0192. The van der Waals surface area contributed by atoms with Crippen LogP contribution in [0.15, 0.2) is 22.8 Å². The van der Waals surface area contributed by atoms with Crippen LogP contribution in [0.3, 0.4) is 0 Å². The molecule has 16 heavy (non-hydrogen) atoms. The van der Waals surface area contributed by atoms with Crippen LogP contribution in [0.5, 0.6) is 0 Å². The minimum Gasteiger partial charge on any atom is -0.393 e. The van der Waals surface area contributed by atoms with Crippen molar-refractivity contribution in [2.24, 2.45) is 0 Å². The molecule has 3 nitrogen and oxygen atoms in total. The first kappa shape index (κ1) is 13.6. The lowest BCUT2D eigenvalue weighted by Crippen LogP contribution is -2.29. The first-order valence-electron chi connectivity index (χ1n) is 5.26. The monoisotopic (exact) mass is 287 g/mol. The molecule has 0 aliphatic heterocycles. The van der Waals surface area contributed by atoms with E-state index >= 15 is 0 Å². The molecule has 1 aromatic heterocycles. The fourth-order valence-electron chi connectivity index (χ4n) is 1.49. The van der Waals surface area contributed by atoms with Crippen molar-refractivity contribution in [2.45, 2.75) is 38.4 Å². The maximum absolute atomic E-state index is 9.91. The highest BCUT2D eigenvalue weighted by molar-refractivity contribution is 9.10. The predicted molar refractivity (Wildman–Crippen MR) is 67.4 cm³/mol. The van der Waals surface area contributed by atoms with Crippen molar-refractivity contribution in [1.82, 2.24) is 4.98 Å². The van der Waals surface area contributed by atoms with Crippen LogP contribution >= 0.6 is 15.9 Å². The Morgan fingerprint density at radius 1 is 1.50 bits per heavy atom. The average Bonchev–Trinajstić information content (AvgIpc) is 2.21. The smallest absolute Gasteiger partial charge is 0.0647 e. The van der Waals surface area contributed by atoms with Crippen molar-refractivity contribution in [3.05, 3.63) is 28.5 Å². The van der Waals surface area contributed by atoms with E-state index in [1.54, 1.807) is 13.3 Å². The summed E-state index contributed by atoms with van der Waals surface area (Å²) in [6.45, 7) is 3.93. The Kier molecular flexibility index (Phi) is 4.89. The maximum atomic E-state index is 9.91. The third-order valence-corrected chi connectivity index (χ3v) is 2.98. The van der Waals surface area contributed by atoms with E-state index in [4.69, 9.17) is 4.74 Å². The van der Waals surface area contributed by atoms with Crippen LogP contribution in [0.2, 0.25) is 0 Å². The van der Waals surface area contributed by atoms with Crippen LogP contribution in [0, 0.1) is 0 Å². The SMILES string of the molecule is COC(C)(C)CC(O)Cc1ccc(Br)cn1. The van der Waals surface area contributed by atoms with Gasteiger partial charge in [-0.3, -0.25) is 4.98 Å². The van der Waals surface area contributed by atoms with Crippen molar-refractivity contribution in [1.29, 1.82) is 0 Å². The Hall–Kier alpha value is -0.450. The third-order valence-electron chi connectivity index (χ3n) is 2.51. The number of aromatic nitrogens is 1. The van der Waals surface area contributed by atoms with Crippen molar-refractivity contribution in [2.75, 3.05) is 7.11 Å². The van der Waals surface area contributed by atoms with Crippen molar-refractivity contribution in [3.63, 3.8) is 0 Å². The standard InChI is InChI=1S/C12H18BrNO2/c1-12(2,16-3)7-11(15)6-10-5-4-9(13)8-14-10/h4-5,8,11,15H,6-7H2,1-3H3. The Morgan fingerprint density at radius 3 is 2.69 bits per heavy atom. The molecule has 0 aliphatic carbocycles. The predicted octanol–water partition coefficient (Wildman–Crippen LogP) is 2.56. The van der Waals surface area contributed by atoms with E-state index in [9.17, 15) is 5.11 Å². The van der Waals surface area contributed by atoms with E-state index in [0.717, 1.165) is 10.2 Å². The van der Waals surface area contributed by atoms with Crippen LogP contribution in [0.4, 0.5) is 0 Å². The first-order valence-corrected chi connectivity index (χ1v) is 6.06. The highest BCUT2D eigenvalue weighted by Gasteiger charge is 2.21. The van der Waals surface area contributed by atoms with Crippen molar-refractivity contribution >= 4 is 15.9 Å². The van der Waals surface area contributed by atoms with E-state index in [1.807, 2.05) is 26.0 Å². The Bertz CT molecular complexity index is 324. The number of ether oxygens (including phenoxy) is 1. The number of hydrogen-bond donors (Lipinski definition) is 1. The Balaban J connectivity index is 2.51. The molecule has 1 atom stereocenters. The van der Waals surface area contributed by atoms with Gasteiger partial charge in [0.1, 0.15) is 0 Å². The highest BCUT2D eigenvalue weighted by Crippen LogP contribution is 2.18. The van der Waals surface area contributed by atoms with Gasteiger partial charge in [-0.2, -0.15) is 0 Å². The minimum atomic E-state index is -0.427. The van der Waals surface area contributed by atoms with Crippen LogP contribution in [0.1, 0.15) is 26.0 Å². The Morgan fingerprint density at radius 2 is 2.19 bits per heavy atom. The third kappa shape index (κ3) is 4.60. The van der Waals surface area contributed by atoms with Crippen LogP contribution in [0.25, 0.3) is 0 Å². The normalized spacial score (nSPS) is 13.8. The summed E-state index contributed by atoms with van der Waals surface area (Å²) in [5, 5.41) is 9.91. The average molecular weight is 288 g/mol. The molecule has 4 heteroatoms. The molecule has 1 unspecified atom stereocenters. The van der Waals surface area contributed by atoms with Gasteiger partial charge in [0.05, 0.1) is 11.7 Å². The molecule has 0 amide bonds. The lowest BCUT2D eigenvalue weighted by atomic mass is 9.98. The van der Waals surface area contributed by atoms with E-state index in [0.29, 0.717) is 12.8 Å². The number of rotatable bonds is 5. The van der Waals surface area contributed by atoms with Gasteiger partial charge in [-0.25, -0.2) is 0 Å². The number of hydrogen-bond acceptors (Lipinski definition) is 3. The minimum absolute atomic E-state index is 0.297. The summed E-state index contributed by atoms with van der Waals surface area (Å²) in [6.07, 6.45) is 2.47. The second-order valence-corrected chi connectivity index (χ2v) is 5.41. The van der Waals surface area contributed by atoms with Gasteiger partial charge in [0.2, 0.25) is 0 Å². The van der Waals surface area contributed by atoms with Gasteiger partial charge in [0, 0.05) is 36.3 Å². The zero-order valence-electron chi connectivity index (χ0n) is 9.90. The number of halogens is 1. The van der Waals surface area contributed by atoms with Crippen LogP contribution in [-0.4, -0.2) is 28.9 Å². The molecule has 1 N–H and O–H groups in total. The summed E-state index contributed by atoms with van der Waals surface area (Å²) in [5.74, 6) is 0. The summed E-state index contributed by atoms with van der Waals surface area (Å²) in [6, 6.07) is 3.84. The van der Waals surface area contributed by atoms with Gasteiger partial charge < -0.3 is 9.84 Å². The van der Waals surface area contributed by atoms with Gasteiger partial charge in [0.25, 0.3) is 0 Å². The quantitative estimate of drug-likeness (QED) is 0.905. The molecule has 90 valence electrons. The zero-order chi connectivity index (χ0) is 12.2. The first-order chi connectivity index (χ1) is 7.43. The molecular formula is C12H18BrNO2. The van der Waals surface area contributed by atoms with Gasteiger partial charge in [-0.15, -0.1) is 0 Å². The number of methoxy groups -OCH3 is 1. The molecule has 1 aromatic rings. The van der Waals surface area contributed by atoms with Crippen molar-refractivity contribution in [3.8, 4) is 0 Å². The number of pyridine rings is 1. The molecule has 1 heterocycles. The van der Waals surface area contributed by atoms with Gasteiger partial charge in [0.15, 0.2) is 0 Å². The fraction of sp³-hybridized carbons (Fsp3) is 0.583. The maximum Gasteiger partial charge on any atom is 0.0647 e. The highest BCUT2D eigenvalue weighted by atomic mass is 79.9. The summed E-state index contributed by atoms with van der Waals surface area (Å²) in [5.41, 5.74) is 0.594. The number of aliphatic hydroxyl groups is 1. The molecule has 1 rings (SSSR count). The number of nitrogens with zero attached hydrogens (tertiary/aromatic N) is 1.